The van der Waals surface area contributed by atoms with Crippen molar-refractivity contribution in [3.63, 3.8) is 0 Å². The van der Waals surface area contributed by atoms with Crippen LogP contribution in [0.15, 0.2) is 72.8 Å². The maximum atomic E-state index is 10.8. The second-order valence-corrected chi connectivity index (χ2v) is 9.30. The highest BCUT2D eigenvalue weighted by atomic mass is 35.5. The van der Waals surface area contributed by atoms with E-state index < -0.39 is 6.10 Å². The number of halogens is 2. The lowest BCUT2D eigenvalue weighted by Gasteiger charge is -2.37. The second-order valence-electron chi connectivity index (χ2n) is 8.43. The summed E-state index contributed by atoms with van der Waals surface area (Å²) in [6, 6.07) is 23.3. The first kappa shape index (κ1) is 24.8. The first-order chi connectivity index (χ1) is 16.5. The molecule has 1 aliphatic rings. The number of para-hydroxylation sites is 2. The summed E-state index contributed by atoms with van der Waals surface area (Å²) in [6.45, 7) is 4.29. The van der Waals surface area contributed by atoms with Crippen LogP contribution in [0.3, 0.4) is 0 Å². The smallest absolute Gasteiger partial charge is 0.142 e. The highest BCUT2D eigenvalue weighted by Crippen LogP contribution is 2.30. The van der Waals surface area contributed by atoms with Crippen LogP contribution in [0, 0.1) is 0 Å². The predicted molar refractivity (Wildman–Crippen MR) is 138 cm³/mol. The summed E-state index contributed by atoms with van der Waals surface area (Å²) in [6.07, 6.45) is -0.911. The Labute approximate surface area is 211 Å². The number of methoxy groups -OCH3 is 1. The number of ether oxygens (including phenoxy) is 2. The van der Waals surface area contributed by atoms with E-state index in [1.54, 1.807) is 7.11 Å². The quantitative estimate of drug-likeness (QED) is 0.432. The predicted octanol–water partition coefficient (Wildman–Crippen LogP) is 5.29. The van der Waals surface area contributed by atoms with E-state index in [9.17, 15) is 5.11 Å². The Morgan fingerprint density at radius 3 is 1.94 bits per heavy atom. The third kappa shape index (κ3) is 6.44. The number of β-amino-alcohol motifs (C(OH)–C–C–N with tert-alkyl or cyclic N) is 1. The molecule has 0 radical (unpaired) electrons. The van der Waals surface area contributed by atoms with Crippen LogP contribution >= 0.6 is 23.2 Å². The third-order valence-corrected chi connectivity index (χ3v) is 6.57. The first-order valence-electron chi connectivity index (χ1n) is 11.4. The third-order valence-electron chi connectivity index (χ3n) is 6.07. The molecule has 1 N–H and O–H groups in total. The lowest BCUT2D eigenvalue weighted by molar-refractivity contribution is -0.00894. The summed E-state index contributed by atoms with van der Waals surface area (Å²) >= 11 is 12.1. The van der Waals surface area contributed by atoms with Gasteiger partial charge >= 0.3 is 0 Å². The van der Waals surface area contributed by atoms with Crippen molar-refractivity contribution in [2.45, 2.75) is 12.2 Å². The average Bonchev–Trinajstić information content (AvgIpc) is 2.86. The van der Waals surface area contributed by atoms with Gasteiger partial charge in [-0.1, -0.05) is 59.6 Å². The minimum absolute atomic E-state index is 0.225. The van der Waals surface area contributed by atoms with Gasteiger partial charge in [0.2, 0.25) is 0 Å². The molecule has 34 heavy (non-hydrogen) atoms. The number of hydrogen-bond acceptors (Lipinski definition) is 5. The molecule has 7 heteroatoms. The van der Waals surface area contributed by atoms with E-state index >= 15 is 0 Å². The fourth-order valence-corrected chi connectivity index (χ4v) is 4.53. The van der Waals surface area contributed by atoms with Crippen LogP contribution < -0.4 is 9.64 Å². The number of rotatable bonds is 9. The van der Waals surface area contributed by atoms with E-state index in [1.165, 1.54) is 0 Å². The number of benzene rings is 3. The number of aliphatic hydroxyl groups excluding tert-OH is 1. The molecule has 0 aliphatic carbocycles. The van der Waals surface area contributed by atoms with E-state index in [-0.39, 0.29) is 12.7 Å². The van der Waals surface area contributed by atoms with Gasteiger partial charge in [-0.25, -0.2) is 0 Å². The summed E-state index contributed by atoms with van der Waals surface area (Å²) < 4.78 is 11.7. The Bertz CT molecular complexity index is 993. The van der Waals surface area contributed by atoms with Crippen LogP contribution in [0.4, 0.5) is 5.69 Å². The molecule has 1 atom stereocenters. The molecule has 180 valence electrons. The lowest BCUT2D eigenvalue weighted by Crippen LogP contribution is -2.49. The molecule has 4 rings (SSSR count). The fourth-order valence-electron chi connectivity index (χ4n) is 4.28. The molecule has 1 aliphatic heterocycles. The first-order valence-corrected chi connectivity index (χ1v) is 12.2. The zero-order valence-corrected chi connectivity index (χ0v) is 20.8. The second kappa shape index (κ2) is 11.9. The van der Waals surface area contributed by atoms with Crippen molar-refractivity contribution in [3.05, 3.63) is 94.0 Å². The van der Waals surface area contributed by atoms with Gasteiger partial charge in [-0.2, -0.15) is 0 Å². The molecule has 1 saturated heterocycles. The van der Waals surface area contributed by atoms with Gasteiger partial charge in [0.1, 0.15) is 11.9 Å². The molecule has 0 spiro atoms. The molecule has 0 amide bonds. The fraction of sp³-hybridized carbons (Fsp3) is 0.333. The Kier molecular flexibility index (Phi) is 8.70. The monoisotopic (exact) mass is 500 g/mol. The van der Waals surface area contributed by atoms with Crippen LogP contribution in [0.2, 0.25) is 10.0 Å². The van der Waals surface area contributed by atoms with Crippen LogP contribution in [0.1, 0.15) is 17.2 Å². The molecule has 1 heterocycles. The maximum absolute atomic E-state index is 10.8. The molecular formula is C27H30Cl2N2O3. The van der Waals surface area contributed by atoms with Gasteiger partial charge in [-0.3, -0.25) is 4.90 Å². The summed E-state index contributed by atoms with van der Waals surface area (Å²) in [4.78, 5) is 4.61. The van der Waals surface area contributed by atoms with Crippen molar-refractivity contribution in [1.82, 2.24) is 4.90 Å². The van der Waals surface area contributed by atoms with E-state index in [1.807, 2.05) is 66.7 Å². The summed E-state index contributed by atoms with van der Waals surface area (Å²) in [5, 5.41) is 12.1. The van der Waals surface area contributed by atoms with Crippen molar-refractivity contribution in [2.75, 3.05) is 51.3 Å². The van der Waals surface area contributed by atoms with Gasteiger partial charge in [0.05, 0.1) is 25.5 Å². The van der Waals surface area contributed by atoms with E-state index in [0.717, 1.165) is 48.7 Å². The minimum atomic E-state index is -0.597. The standard InChI is InChI=1S/C27H30Cl2N2O3/c1-33-26-5-3-2-4-25(26)31-16-14-30(15-17-31)18-24(32)19-34-27(20-6-10-22(28)11-7-20)21-8-12-23(29)13-9-21/h2-13,24,27,32H,14-19H2,1H3. The zero-order valence-electron chi connectivity index (χ0n) is 19.2. The maximum Gasteiger partial charge on any atom is 0.142 e. The molecular weight excluding hydrogens is 471 g/mol. The van der Waals surface area contributed by atoms with E-state index in [2.05, 4.69) is 15.9 Å². The average molecular weight is 501 g/mol. The molecule has 3 aromatic carbocycles. The zero-order chi connectivity index (χ0) is 23.9. The van der Waals surface area contributed by atoms with Crippen molar-refractivity contribution >= 4 is 28.9 Å². The highest BCUT2D eigenvalue weighted by Gasteiger charge is 2.23. The number of anilines is 1. The molecule has 0 saturated carbocycles. The van der Waals surface area contributed by atoms with Gasteiger partial charge in [0, 0.05) is 42.8 Å². The molecule has 0 aromatic heterocycles. The Morgan fingerprint density at radius 2 is 1.38 bits per heavy atom. The van der Waals surface area contributed by atoms with E-state index in [0.29, 0.717) is 16.6 Å². The van der Waals surface area contributed by atoms with Gasteiger partial charge in [0.25, 0.3) is 0 Å². The van der Waals surface area contributed by atoms with Crippen molar-refractivity contribution in [3.8, 4) is 5.75 Å². The lowest BCUT2D eigenvalue weighted by atomic mass is 10.0. The minimum Gasteiger partial charge on any atom is -0.495 e. The van der Waals surface area contributed by atoms with E-state index in [4.69, 9.17) is 32.7 Å². The van der Waals surface area contributed by atoms with Crippen molar-refractivity contribution in [1.29, 1.82) is 0 Å². The van der Waals surface area contributed by atoms with Crippen LogP contribution in [-0.4, -0.2) is 62.6 Å². The van der Waals surface area contributed by atoms with Crippen molar-refractivity contribution in [2.24, 2.45) is 0 Å². The normalized spacial score (nSPS) is 15.5. The molecule has 5 nitrogen and oxygen atoms in total. The molecule has 3 aromatic rings. The number of nitrogens with zero attached hydrogens (tertiary/aromatic N) is 2. The topological polar surface area (TPSA) is 45.2 Å². The Hall–Kier alpha value is -2.28. The van der Waals surface area contributed by atoms with Gasteiger partial charge in [-0.05, 0) is 47.5 Å². The molecule has 1 fully saturated rings. The van der Waals surface area contributed by atoms with Gasteiger partial charge in [0.15, 0.2) is 0 Å². The Balaban J connectivity index is 1.33. The number of piperazine rings is 1. The number of aliphatic hydroxyl groups is 1. The number of hydrogen-bond donors (Lipinski definition) is 1. The molecule has 1 unspecified atom stereocenters. The van der Waals surface area contributed by atoms with Crippen molar-refractivity contribution < 1.29 is 14.6 Å². The van der Waals surface area contributed by atoms with Crippen LogP contribution in [0.5, 0.6) is 5.75 Å². The largest absolute Gasteiger partial charge is 0.495 e. The Morgan fingerprint density at radius 1 is 0.824 bits per heavy atom. The van der Waals surface area contributed by atoms with Crippen LogP contribution in [0.25, 0.3) is 0 Å². The highest BCUT2D eigenvalue weighted by molar-refractivity contribution is 6.30. The van der Waals surface area contributed by atoms with Gasteiger partial charge < -0.3 is 19.5 Å². The summed E-state index contributed by atoms with van der Waals surface area (Å²) in [5.41, 5.74) is 3.07. The summed E-state index contributed by atoms with van der Waals surface area (Å²) in [7, 11) is 1.70. The SMILES string of the molecule is COc1ccccc1N1CCN(CC(O)COC(c2ccc(Cl)cc2)c2ccc(Cl)cc2)CC1. The van der Waals surface area contributed by atoms with Gasteiger partial charge in [-0.15, -0.1) is 0 Å². The molecule has 0 bridgehead atoms. The van der Waals surface area contributed by atoms with Crippen LogP contribution in [-0.2, 0) is 4.74 Å². The summed E-state index contributed by atoms with van der Waals surface area (Å²) in [5.74, 6) is 0.889.